The fraction of sp³-hybridized carbons (Fsp3) is 0.556. The van der Waals surface area contributed by atoms with Crippen molar-refractivity contribution in [2.24, 2.45) is 5.41 Å². The summed E-state index contributed by atoms with van der Waals surface area (Å²) in [5.41, 5.74) is 0.868. The van der Waals surface area contributed by atoms with Crippen LogP contribution < -0.4 is 5.32 Å². The molecular weight excluding hydrogens is 309 g/mol. The van der Waals surface area contributed by atoms with Gasteiger partial charge in [0.15, 0.2) is 0 Å². The Hall–Kier alpha value is -2.11. The third-order valence-corrected chi connectivity index (χ3v) is 5.13. The minimum Gasteiger partial charge on any atom is -0.342 e. The molecule has 24 heavy (non-hydrogen) atoms. The largest absolute Gasteiger partial charge is 0.342 e. The minimum absolute atomic E-state index is 0.0539. The van der Waals surface area contributed by atoms with Gasteiger partial charge in [0.25, 0.3) is 0 Å². The third kappa shape index (κ3) is 3.52. The number of rotatable bonds is 3. The standard InChI is InChI=1S/C18H24FN3O2/c1-21(2)17(24)20-15-10-18(11-15)6-7-22(12-18)16(23)9-13-4-3-5-14(19)8-13/h3-5,8,15H,6-7,9-12H2,1-2H3,(H,20,24). The molecule has 0 unspecified atom stereocenters. The van der Waals surface area contributed by atoms with Crippen LogP contribution in [0, 0.1) is 11.2 Å². The van der Waals surface area contributed by atoms with Crippen molar-refractivity contribution in [1.29, 1.82) is 0 Å². The van der Waals surface area contributed by atoms with Crippen LogP contribution in [0.4, 0.5) is 9.18 Å². The molecule has 3 amide bonds. The second-order valence-electron chi connectivity index (χ2n) is 7.32. The fourth-order valence-corrected chi connectivity index (χ4v) is 3.81. The number of carbonyl (C=O) groups excluding carboxylic acids is 2. The molecule has 1 saturated heterocycles. The van der Waals surface area contributed by atoms with Crippen LogP contribution >= 0.6 is 0 Å². The monoisotopic (exact) mass is 333 g/mol. The molecule has 0 aromatic heterocycles. The highest BCUT2D eigenvalue weighted by Gasteiger charge is 2.49. The van der Waals surface area contributed by atoms with Gasteiger partial charge in [-0.25, -0.2) is 9.18 Å². The Bertz CT molecular complexity index is 641. The van der Waals surface area contributed by atoms with Crippen LogP contribution in [-0.2, 0) is 11.2 Å². The van der Waals surface area contributed by atoms with Crippen LogP contribution in [0.25, 0.3) is 0 Å². The predicted octanol–water partition coefficient (Wildman–Crippen LogP) is 2.02. The zero-order chi connectivity index (χ0) is 17.3. The van der Waals surface area contributed by atoms with Crippen LogP contribution in [0.3, 0.4) is 0 Å². The Balaban J connectivity index is 1.49. The van der Waals surface area contributed by atoms with Gasteiger partial charge in [-0.15, -0.1) is 0 Å². The van der Waals surface area contributed by atoms with Crippen LogP contribution in [0.1, 0.15) is 24.8 Å². The van der Waals surface area contributed by atoms with E-state index in [1.165, 1.54) is 17.0 Å². The molecule has 3 rings (SSSR count). The summed E-state index contributed by atoms with van der Waals surface area (Å²) in [4.78, 5) is 27.5. The van der Waals surface area contributed by atoms with E-state index in [2.05, 4.69) is 5.32 Å². The Morgan fingerprint density at radius 3 is 2.79 bits per heavy atom. The Labute approximate surface area is 141 Å². The summed E-state index contributed by atoms with van der Waals surface area (Å²) >= 11 is 0. The van der Waals surface area contributed by atoms with Crippen molar-refractivity contribution in [3.63, 3.8) is 0 Å². The van der Waals surface area contributed by atoms with E-state index >= 15 is 0 Å². The number of amides is 3. The molecule has 1 N–H and O–H groups in total. The van der Waals surface area contributed by atoms with Crippen molar-refractivity contribution >= 4 is 11.9 Å². The molecule has 2 aliphatic rings. The van der Waals surface area contributed by atoms with Crippen molar-refractivity contribution < 1.29 is 14.0 Å². The van der Waals surface area contributed by atoms with Crippen LogP contribution in [0.15, 0.2) is 24.3 Å². The van der Waals surface area contributed by atoms with Crippen LogP contribution in [-0.4, -0.2) is 55.0 Å². The zero-order valence-electron chi connectivity index (χ0n) is 14.2. The van der Waals surface area contributed by atoms with E-state index in [0.717, 1.165) is 32.4 Å². The number of carbonyl (C=O) groups is 2. The predicted molar refractivity (Wildman–Crippen MR) is 89.0 cm³/mol. The van der Waals surface area contributed by atoms with Crippen molar-refractivity contribution in [3.05, 3.63) is 35.6 Å². The summed E-state index contributed by atoms with van der Waals surface area (Å²) in [5.74, 6) is -0.255. The van der Waals surface area contributed by atoms with Crippen LogP contribution in [0.5, 0.6) is 0 Å². The maximum atomic E-state index is 13.2. The highest BCUT2D eigenvalue weighted by molar-refractivity contribution is 5.79. The maximum Gasteiger partial charge on any atom is 0.317 e. The van der Waals surface area contributed by atoms with Gasteiger partial charge in [0, 0.05) is 33.2 Å². The maximum absolute atomic E-state index is 13.2. The number of nitrogens with one attached hydrogen (secondary N) is 1. The van der Waals surface area contributed by atoms with E-state index < -0.39 is 0 Å². The van der Waals surface area contributed by atoms with Gasteiger partial charge in [0.1, 0.15) is 5.82 Å². The van der Waals surface area contributed by atoms with E-state index in [9.17, 15) is 14.0 Å². The Morgan fingerprint density at radius 2 is 2.12 bits per heavy atom. The van der Waals surface area contributed by atoms with Crippen LogP contribution in [0.2, 0.25) is 0 Å². The van der Waals surface area contributed by atoms with Gasteiger partial charge >= 0.3 is 6.03 Å². The van der Waals surface area contributed by atoms with E-state index in [1.807, 2.05) is 4.90 Å². The van der Waals surface area contributed by atoms with Gasteiger partial charge in [0.2, 0.25) is 5.91 Å². The van der Waals surface area contributed by atoms with E-state index in [-0.39, 0.29) is 35.6 Å². The number of hydrogen-bond acceptors (Lipinski definition) is 2. The summed E-state index contributed by atoms with van der Waals surface area (Å²) in [6, 6.07) is 6.36. The molecule has 1 aliphatic heterocycles. The molecule has 6 heteroatoms. The lowest BCUT2D eigenvalue weighted by Gasteiger charge is -2.45. The molecule has 0 bridgehead atoms. The highest BCUT2D eigenvalue weighted by atomic mass is 19.1. The van der Waals surface area contributed by atoms with Crippen molar-refractivity contribution in [2.75, 3.05) is 27.2 Å². The second-order valence-corrected chi connectivity index (χ2v) is 7.32. The molecule has 1 aliphatic carbocycles. The normalized spacial score (nSPS) is 25.5. The fourth-order valence-electron chi connectivity index (χ4n) is 3.81. The SMILES string of the molecule is CN(C)C(=O)NC1CC2(CCN(C(=O)Cc3cccc(F)c3)C2)C1. The molecule has 0 atom stereocenters. The molecule has 1 saturated carbocycles. The summed E-state index contributed by atoms with van der Waals surface area (Å²) in [7, 11) is 3.46. The molecule has 0 radical (unpaired) electrons. The summed E-state index contributed by atoms with van der Waals surface area (Å²) in [6.07, 6.45) is 3.08. The van der Waals surface area contributed by atoms with Gasteiger partial charge in [-0.2, -0.15) is 0 Å². The summed E-state index contributed by atoms with van der Waals surface area (Å²) in [5, 5.41) is 3.00. The molecule has 1 spiro atoms. The number of benzene rings is 1. The molecular formula is C18H24FN3O2. The molecule has 130 valence electrons. The lowest BCUT2D eigenvalue weighted by atomic mass is 9.65. The number of likely N-dealkylation sites (tertiary alicyclic amines) is 1. The number of halogens is 1. The third-order valence-electron chi connectivity index (χ3n) is 5.13. The molecule has 1 heterocycles. The van der Waals surface area contributed by atoms with E-state index in [1.54, 1.807) is 26.2 Å². The lowest BCUT2D eigenvalue weighted by molar-refractivity contribution is -0.130. The first kappa shape index (κ1) is 16.7. The van der Waals surface area contributed by atoms with Gasteiger partial charge in [0.05, 0.1) is 6.42 Å². The van der Waals surface area contributed by atoms with Crippen molar-refractivity contribution in [2.45, 2.75) is 31.7 Å². The molecule has 1 aromatic rings. The van der Waals surface area contributed by atoms with Gasteiger partial charge in [-0.1, -0.05) is 12.1 Å². The van der Waals surface area contributed by atoms with Crippen molar-refractivity contribution in [3.8, 4) is 0 Å². The molecule has 1 aromatic carbocycles. The zero-order valence-corrected chi connectivity index (χ0v) is 14.2. The topological polar surface area (TPSA) is 52.7 Å². The van der Waals surface area contributed by atoms with Gasteiger partial charge in [-0.05, 0) is 42.4 Å². The highest BCUT2D eigenvalue weighted by Crippen LogP contribution is 2.48. The van der Waals surface area contributed by atoms with Crippen molar-refractivity contribution in [1.82, 2.24) is 15.1 Å². The first-order valence-electron chi connectivity index (χ1n) is 8.37. The van der Waals surface area contributed by atoms with E-state index in [4.69, 9.17) is 0 Å². The first-order chi connectivity index (χ1) is 11.4. The number of hydrogen-bond donors (Lipinski definition) is 1. The summed E-state index contributed by atoms with van der Waals surface area (Å²) < 4.78 is 13.2. The quantitative estimate of drug-likeness (QED) is 0.920. The average molecular weight is 333 g/mol. The summed E-state index contributed by atoms with van der Waals surface area (Å²) in [6.45, 7) is 1.50. The number of nitrogens with zero attached hydrogens (tertiary/aromatic N) is 2. The minimum atomic E-state index is -0.309. The Kier molecular flexibility index (Phi) is 4.47. The Morgan fingerprint density at radius 1 is 1.38 bits per heavy atom. The lowest BCUT2D eigenvalue weighted by Crippen LogP contribution is -2.54. The average Bonchev–Trinajstić information content (AvgIpc) is 2.92. The first-order valence-corrected chi connectivity index (χ1v) is 8.37. The molecule has 5 nitrogen and oxygen atoms in total. The molecule has 2 fully saturated rings. The van der Waals surface area contributed by atoms with Gasteiger partial charge < -0.3 is 15.1 Å². The second kappa shape index (κ2) is 6.42. The smallest absolute Gasteiger partial charge is 0.317 e. The van der Waals surface area contributed by atoms with E-state index in [0.29, 0.717) is 5.56 Å². The van der Waals surface area contributed by atoms with Gasteiger partial charge in [-0.3, -0.25) is 4.79 Å². The number of urea groups is 1.